The number of nitro groups is 1. The van der Waals surface area contributed by atoms with Gasteiger partial charge in [-0.2, -0.15) is 4.99 Å². The molecule has 0 amide bonds. The predicted octanol–water partition coefficient (Wildman–Crippen LogP) is 4.17. The van der Waals surface area contributed by atoms with E-state index in [2.05, 4.69) is 15.1 Å². The molecule has 0 unspecified atom stereocenters. The van der Waals surface area contributed by atoms with Crippen molar-refractivity contribution in [2.75, 3.05) is 6.61 Å². The first-order valence-electron chi connectivity index (χ1n) is 11.6. The Hall–Kier alpha value is -4.69. The Labute approximate surface area is 228 Å². The summed E-state index contributed by atoms with van der Waals surface area (Å²) in [6, 6.07) is 15.0. The molecule has 0 aliphatic rings. The fourth-order valence-electron chi connectivity index (χ4n) is 3.89. The molecule has 0 atom stereocenters. The molecule has 0 aliphatic carbocycles. The van der Waals surface area contributed by atoms with Crippen LogP contribution in [0.4, 0.5) is 10.8 Å². The number of aromatic nitrogens is 5. The number of thiazole rings is 1. The quantitative estimate of drug-likeness (QED) is 0.164. The molecule has 0 bridgehead atoms. The average molecular weight is 564 g/mol. The molecule has 3 heterocycles. The van der Waals surface area contributed by atoms with Crippen molar-refractivity contribution in [2.24, 2.45) is 12.0 Å². The topological polar surface area (TPSA) is 139 Å². The molecule has 5 rings (SSSR count). The molecule has 39 heavy (non-hydrogen) atoms. The maximum absolute atomic E-state index is 13.4. The van der Waals surface area contributed by atoms with Crippen LogP contribution in [0.25, 0.3) is 22.6 Å². The van der Waals surface area contributed by atoms with Crippen LogP contribution in [0.1, 0.15) is 22.4 Å². The zero-order valence-electron chi connectivity index (χ0n) is 21.0. The van der Waals surface area contributed by atoms with Crippen molar-refractivity contribution in [1.29, 1.82) is 0 Å². The van der Waals surface area contributed by atoms with Crippen molar-refractivity contribution in [1.82, 2.24) is 24.1 Å². The number of hydrogen-bond donors (Lipinski definition) is 0. The summed E-state index contributed by atoms with van der Waals surface area (Å²) >= 11 is 2.23. The summed E-state index contributed by atoms with van der Waals surface area (Å²) in [5, 5.41) is 17.6. The highest BCUT2D eigenvalue weighted by Gasteiger charge is 2.21. The largest absolute Gasteiger partial charge is 0.461 e. The minimum atomic E-state index is -0.610. The summed E-state index contributed by atoms with van der Waals surface area (Å²) in [6.07, 6.45) is 0. The third kappa shape index (κ3) is 4.94. The van der Waals surface area contributed by atoms with Gasteiger partial charge in [-0.25, -0.2) is 19.1 Å². The number of ether oxygens (including phenoxy) is 1. The summed E-state index contributed by atoms with van der Waals surface area (Å²) in [5.41, 5.74) is 2.59. The number of benzene rings is 2. The number of nitro benzene ring substituents is 1. The van der Waals surface area contributed by atoms with Gasteiger partial charge in [0.1, 0.15) is 0 Å². The normalized spacial score (nSPS) is 11.6. The second-order valence-corrected chi connectivity index (χ2v) is 9.95. The standard InChI is InChI=1S/C25H21N7O5S2/c1-4-37-23(34)21-28-30(16-10-12-18(13-11-16)32(35)36)25(39-21)27-24-26-19(14-38-24)20-15(2)29(3)31(22(20)33)17-8-6-5-7-9-17/h5-14H,4H2,1-3H3/b27-25-. The first-order valence-corrected chi connectivity index (χ1v) is 13.3. The van der Waals surface area contributed by atoms with Gasteiger partial charge in [0.25, 0.3) is 11.2 Å². The lowest BCUT2D eigenvalue weighted by Crippen LogP contribution is -2.20. The van der Waals surface area contributed by atoms with Crippen molar-refractivity contribution >= 4 is 39.5 Å². The molecule has 0 spiro atoms. The second-order valence-electron chi connectivity index (χ2n) is 8.16. The van der Waals surface area contributed by atoms with Crippen molar-refractivity contribution < 1.29 is 14.5 Å². The number of rotatable bonds is 7. The van der Waals surface area contributed by atoms with Gasteiger partial charge in [0.05, 0.1) is 34.2 Å². The molecule has 0 saturated carbocycles. The molecule has 0 aliphatic heterocycles. The van der Waals surface area contributed by atoms with Crippen molar-refractivity contribution in [3.05, 3.63) is 95.9 Å². The third-order valence-electron chi connectivity index (χ3n) is 5.81. The molecule has 5 aromatic rings. The van der Waals surface area contributed by atoms with E-state index >= 15 is 0 Å². The van der Waals surface area contributed by atoms with Gasteiger partial charge < -0.3 is 4.74 Å². The van der Waals surface area contributed by atoms with Gasteiger partial charge >= 0.3 is 5.97 Å². The molecule has 14 heteroatoms. The van der Waals surface area contributed by atoms with Crippen LogP contribution in [0, 0.1) is 17.0 Å². The van der Waals surface area contributed by atoms with Gasteiger partial charge in [-0.1, -0.05) is 29.5 Å². The molecule has 12 nitrogen and oxygen atoms in total. The van der Waals surface area contributed by atoms with Crippen molar-refractivity contribution in [3.63, 3.8) is 0 Å². The number of para-hydroxylation sites is 1. The van der Waals surface area contributed by atoms with Crippen LogP contribution >= 0.6 is 22.7 Å². The SMILES string of the molecule is CCOC(=O)c1nn(-c2ccc([N+](=O)[O-])cc2)/c(=N/c2nc(-c3c(C)n(C)n(-c4ccccc4)c3=O)cs2)s1. The predicted molar refractivity (Wildman–Crippen MR) is 146 cm³/mol. The lowest BCUT2D eigenvalue weighted by Gasteiger charge is -2.07. The lowest BCUT2D eigenvalue weighted by molar-refractivity contribution is -0.384. The number of carbonyl (C=O) groups excluding carboxylic acids is 1. The van der Waals surface area contributed by atoms with E-state index in [1.807, 2.05) is 44.3 Å². The zero-order chi connectivity index (χ0) is 27.7. The third-order valence-corrected chi connectivity index (χ3v) is 7.43. The Morgan fingerprint density at radius 1 is 1.13 bits per heavy atom. The summed E-state index contributed by atoms with van der Waals surface area (Å²) in [6.45, 7) is 3.72. The highest BCUT2D eigenvalue weighted by molar-refractivity contribution is 7.14. The zero-order valence-corrected chi connectivity index (χ0v) is 22.6. The van der Waals surface area contributed by atoms with E-state index < -0.39 is 10.9 Å². The molecule has 0 N–H and O–H groups in total. The minimum absolute atomic E-state index is 0.0652. The number of esters is 1. The first kappa shape index (κ1) is 25.9. The van der Waals surface area contributed by atoms with Crippen molar-refractivity contribution in [2.45, 2.75) is 13.8 Å². The number of non-ortho nitro benzene ring substituents is 1. The van der Waals surface area contributed by atoms with Gasteiger partial charge in [0, 0.05) is 30.3 Å². The summed E-state index contributed by atoms with van der Waals surface area (Å²) in [4.78, 5) is 45.8. The molecule has 3 aromatic heterocycles. The highest BCUT2D eigenvalue weighted by Crippen LogP contribution is 2.28. The Morgan fingerprint density at radius 3 is 2.51 bits per heavy atom. The number of carbonyl (C=O) groups is 1. The fraction of sp³-hybridized carbons (Fsp3) is 0.160. The Bertz CT molecular complexity index is 1810. The maximum atomic E-state index is 13.4. The van der Waals surface area contributed by atoms with Crippen LogP contribution in [-0.2, 0) is 11.8 Å². The summed E-state index contributed by atoms with van der Waals surface area (Å²) in [7, 11) is 1.81. The molecular formula is C25H21N7O5S2. The van der Waals surface area contributed by atoms with Crippen LogP contribution in [-0.4, -0.2) is 41.6 Å². The second kappa shape index (κ2) is 10.6. The Kier molecular flexibility index (Phi) is 7.04. The smallest absolute Gasteiger partial charge is 0.369 e. The van der Waals surface area contributed by atoms with Gasteiger partial charge in [0.15, 0.2) is 0 Å². The maximum Gasteiger partial charge on any atom is 0.369 e. The van der Waals surface area contributed by atoms with E-state index in [0.717, 1.165) is 22.7 Å². The summed E-state index contributed by atoms with van der Waals surface area (Å²) < 4.78 is 9.84. The molecule has 0 fully saturated rings. The van der Waals surface area contributed by atoms with Crippen LogP contribution in [0.15, 0.2) is 69.8 Å². The highest BCUT2D eigenvalue weighted by atomic mass is 32.1. The minimum Gasteiger partial charge on any atom is -0.461 e. The van der Waals surface area contributed by atoms with Crippen LogP contribution in [0.3, 0.4) is 0 Å². The van der Waals surface area contributed by atoms with E-state index in [1.165, 1.54) is 40.3 Å². The van der Waals surface area contributed by atoms with Gasteiger partial charge in [0.2, 0.25) is 14.9 Å². The monoisotopic (exact) mass is 563 g/mol. The van der Waals surface area contributed by atoms with E-state index in [0.29, 0.717) is 26.9 Å². The fourth-order valence-corrected chi connectivity index (χ4v) is 5.43. The Morgan fingerprint density at radius 2 is 1.85 bits per heavy atom. The molecular weight excluding hydrogens is 542 g/mol. The first-order chi connectivity index (χ1) is 18.8. The summed E-state index contributed by atoms with van der Waals surface area (Å²) in [5.74, 6) is -0.610. The lowest BCUT2D eigenvalue weighted by atomic mass is 10.2. The number of hydrogen-bond acceptors (Lipinski definition) is 10. The van der Waals surface area contributed by atoms with Gasteiger partial charge in [-0.3, -0.25) is 19.6 Å². The number of nitrogens with zero attached hydrogens (tertiary/aromatic N) is 7. The molecule has 2 aromatic carbocycles. The van der Waals surface area contributed by atoms with Crippen LogP contribution < -0.4 is 10.4 Å². The van der Waals surface area contributed by atoms with E-state index in [4.69, 9.17) is 4.74 Å². The molecule has 198 valence electrons. The van der Waals surface area contributed by atoms with Gasteiger partial charge in [-0.15, -0.1) is 16.4 Å². The van der Waals surface area contributed by atoms with Gasteiger partial charge in [-0.05, 0) is 38.1 Å². The van der Waals surface area contributed by atoms with E-state index in [1.54, 1.807) is 21.7 Å². The van der Waals surface area contributed by atoms with Crippen LogP contribution in [0.5, 0.6) is 0 Å². The molecule has 0 saturated heterocycles. The Balaban J connectivity index is 1.59. The van der Waals surface area contributed by atoms with E-state index in [9.17, 15) is 19.7 Å². The molecule has 0 radical (unpaired) electrons. The van der Waals surface area contributed by atoms with Crippen LogP contribution in [0.2, 0.25) is 0 Å². The van der Waals surface area contributed by atoms with E-state index in [-0.39, 0.29) is 22.9 Å². The average Bonchev–Trinajstić information content (AvgIpc) is 3.62. The van der Waals surface area contributed by atoms with Crippen molar-refractivity contribution in [3.8, 4) is 22.6 Å².